The second-order valence-electron chi connectivity index (χ2n) is 7.49. The van der Waals surface area contributed by atoms with Crippen LogP contribution in [0.3, 0.4) is 0 Å². The highest BCUT2D eigenvalue weighted by Gasteiger charge is 2.46. The molecule has 0 bridgehead atoms. The van der Waals surface area contributed by atoms with Crippen LogP contribution in [0, 0.1) is 11.6 Å². The van der Waals surface area contributed by atoms with Crippen LogP contribution in [0.25, 0.3) is 0 Å². The van der Waals surface area contributed by atoms with Gasteiger partial charge in [0.2, 0.25) is 0 Å². The SMILES string of the molecule is CNC[C@H]1Oc2ccc(F)cc2[C@@H]1N1CC(C)(C)c2cccc(F)c21. The van der Waals surface area contributed by atoms with E-state index in [1.807, 2.05) is 13.1 Å². The molecule has 2 aromatic rings. The maximum Gasteiger partial charge on any atom is 0.146 e. The third kappa shape index (κ3) is 2.49. The van der Waals surface area contributed by atoms with Gasteiger partial charge < -0.3 is 15.0 Å². The van der Waals surface area contributed by atoms with Gasteiger partial charge in [0.25, 0.3) is 0 Å². The summed E-state index contributed by atoms with van der Waals surface area (Å²) in [6.45, 7) is 5.48. The topological polar surface area (TPSA) is 24.5 Å². The third-order valence-corrected chi connectivity index (χ3v) is 5.23. The zero-order chi connectivity index (χ0) is 17.8. The summed E-state index contributed by atoms with van der Waals surface area (Å²) in [6, 6.07) is 9.58. The number of halogens is 2. The Balaban J connectivity index is 1.85. The van der Waals surface area contributed by atoms with Crippen LogP contribution in [0.15, 0.2) is 36.4 Å². The van der Waals surface area contributed by atoms with Gasteiger partial charge in [-0.3, -0.25) is 0 Å². The summed E-state index contributed by atoms with van der Waals surface area (Å²) in [5.74, 6) is 0.134. The van der Waals surface area contributed by atoms with Crippen LogP contribution in [0.4, 0.5) is 14.5 Å². The maximum absolute atomic E-state index is 14.7. The number of nitrogens with one attached hydrogen (secondary N) is 1. The van der Waals surface area contributed by atoms with E-state index in [9.17, 15) is 8.78 Å². The molecule has 2 aliphatic rings. The lowest BCUT2D eigenvalue weighted by atomic mass is 9.87. The molecule has 4 rings (SSSR count). The molecule has 0 aromatic heterocycles. The summed E-state index contributed by atoms with van der Waals surface area (Å²) >= 11 is 0. The Morgan fingerprint density at radius 3 is 2.80 bits per heavy atom. The van der Waals surface area contributed by atoms with Gasteiger partial charge in [-0.05, 0) is 36.9 Å². The minimum atomic E-state index is -0.301. The summed E-state index contributed by atoms with van der Waals surface area (Å²) in [4.78, 5) is 2.05. The van der Waals surface area contributed by atoms with E-state index >= 15 is 0 Å². The molecule has 0 saturated carbocycles. The summed E-state index contributed by atoms with van der Waals surface area (Å²) in [7, 11) is 1.85. The molecule has 25 heavy (non-hydrogen) atoms. The second kappa shape index (κ2) is 5.70. The van der Waals surface area contributed by atoms with Gasteiger partial charge in [-0.25, -0.2) is 8.78 Å². The minimum absolute atomic E-state index is 0.183. The Morgan fingerprint density at radius 1 is 1.24 bits per heavy atom. The molecule has 0 aliphatic carbocycles. The minimum Gasteiger partial charge on any atom is -0.486 e. The molecule has 2 aliphatic heterocycles. The van der Waals surface area contributed by atoms with Crippen LogP contribution in [0.1, 0.15) is 31.0 Å². The first kappa shape index (κ1) is 16.3. The van der Waals surface area contributed by atoms with Crippen molar-refractivity contribution in [2.24, 2.45) is 0 Å². The molecule has 0 radical (unpaired) electrons. The monoisotopic (exact) mass is 344 g/mol. The van der Waals surface area contributed by atoms with E-state index in [-0.39, 0.29) is 29.2 Å². The molecular weight excluding hydrogens is 322 g/mol. The largest absolute Gasteiger partial charge is 0.486 e. The lowest BCUT2D eigenvalue weighted by Crippen LogP contribution is -2.41. The number of likely N-dealkylation sites (N-methyl/N-ethyl adjacent to an activating group) is 1. The molecule has 132 valence electrons. The molecule has 0 saturated heterocycles. The molecule has 0 amide bonds. The zero-order valence-electron chi connectivity index (χ0n) is 14.6. The van der Waals surface area contributed by atoms with Crippen molar-refractivity contribution < 1.29 is 13.5 Å². The fourth-order valence-electron chi connectivity index (χ4n) is 4.19. The van der Waals surface area contributed by atoms with Gasteiger partial charge in [0.05, 0.1) is 11.7 Å². The van der Waals surface area contributed by atoms with Gasteiger partial charge in [0.1, 0.15) is 23.5 Å². The van der Waals surface area contributed by atoms with Crippen LogP contribution in [0.2, 0.25) is 0 Å². The second-order valence-corrected chi connectivity index (χ2v) is 7.49. The van der Waals surface area contributed by atoms with Crippen LogP contribution in [-0.2, 0) is 5.41 Å². The van der Waals surface area contributed by atoms with Crippen molar-refractivity contribution in [3.05, 3.63) is 59.2 Å². The number of fused-ring (bicyclic) bond motifs is 2. The standard InChI is InChI=1S/C20H22F2N2O/c1-20(2)11-24(19-14(20)5-4-6-15(19)22)18-13-9-12(21)7-8-16(13)25-17(18)10-23-3/h4-9,17-18,23H,10-11H2,1-3H3/t17-,18+/m1/s1. The van der Waals surface area contributed by atoms with E-state index in [0.29, 0.717) is 24.5 Å². The van der Waals surface area contributed by atoms with Gasteiger partial charge in [0, 0.05) is 24.1 Å². The van der Waals surface area contributed by atoms with Crippen molar-refractivity contribution in [1.82, 2.24) is 5.32 Å². The van der Waals surface area contributed by atoms with E-state index in [1.165, 1.54) is 18.2 Å². The number of rotatable bonds is 3. The van der Waals surface area contributed by atoms with Crippen LogP contribution in [0.5, 0.6) is 5.75 Å². The number of nitrogens with zero attached hydrogens (tertiary/aromatic N) is 1. The first-order valence-corrected chi connectivity index (χ1v) is 8.59. The first-order chi connectivity index (χ1) is 11.9. The molecule has 0 unspecified atom stereocenters. The summed E-state index contributed by atoms with van der Waals surface area (Å²) < 4.78 is 34.7. The number of benzene rings is 2. The van der Waals surface area contributed by atoms with Gasteiger partial charge in [-0.2, -0.15) is 0 Å². The maximum atomic E-state index is 14.7. The Labute approximate surface area is 146 Å². The van der Waals surface area contributed by atoms with Crippen molar-refractivity contribution in [3.63, 3.8) is 0 Å². The molecule has 2 atom stereocenters. The summed E-state index contributed by atoms with van der Waals surface area (Å²) in [5, 5.41) is 3.13. The molecule has 5 heteroatoms. The lowest BCUT2D eigenvalue weighted by molar-refractivity contribution is 0.200. The normalized spacial score (nSPS) is 23.3. The fourth-order valence-corrected chi connectivity index (χ4v) is 4.19. The van der Waals surface area contributed by atoms with E-state index in [1.54, 1.807) is 12.1 Å². The summed E-state index contributed by atoms with van der Waals surface area (Å²) in [5.41, 5.74) is 2.20. The first-order valence-electron chi connectivity index (χ1n) is 8.59. The Morgan fingerprint density at radius 2 is 2.04 bits per heavy atom. The quantitative estimate of drug-likeness (QED) is 0.917. The predicted molar refractivity (Wildman–Crippen MR) is 94.3 cm³/mol. The predicted octanol–water partition coefficient (Wildman–Crippen LogP) is 3.78. The number of hydrogen-bond acceptors (Lipinski definition) is 3. The number of para-hydroxylation sites is 1. The van der Waals surface area contributed by atoms with Gasteiger partial charge in [-0.15, -0.1) is 0 Å². The number of ether oxygens (including phenoxy) is 1. The number of anilines is 1. The molecular formula is C20H22F2N2O. The molecule has 0 spiro atoms. The van der Waals surface area contributed by atoms with Crippen LogP contribution < -0.4 is 15.0 Å². The highest BCUT2D eigenvalue weighted by Crippen LogP contribution is 2.50. The fraction of sp³-hybridized carbons (Fsp3) is 0.400. The zero-order valence-corrected chi connectivity index (χ0v) is 14.6. The Kier molecular flexibility index (Phi) is 3.72. The van der Waals surface area contributed by atoms with Crippen molar-refractivity contribution >= 4 is 5.69 Å². The third-order valence-electron chi connectivity index (χ3n) is 5.23. The van der Waals surface area contributed by atoms with Crippen molar-refractivity contribution in [3.8, 4) is 5.75 Å². The lowest BCUT2D eigenvalue weighted by Gasteiger charge is -2.32. The van der Waals surface area contributed by atoms with E-state index < -0.39 is 0 Å². The van der Waals surface area contributed by atoms with Gasteiger partial charge in [-0.1, -0.05) is 26.0 Å². The van der Waals surface area contributed by atoms with E-state index in [4.69, 9.17) is 4.74 Å². The van der Waals surface area contributed by atoms with Crippen LogP contribution >= 0.6 is 0 Å². The number of hydrogen-bond donors (Lipinski definition) is 1. The average Bonchev–Trinajstić information content (AvgIpc) is 3.03. The smallest absolute Gasteiger partial charge is 0.146 e. The summed E-state index contributed by atoms with van der Waals surface area (Å²) in [6.07, 6.45) is -0.205. The Bertz CT molecular complexity index is 821. The van der Waals surface area contributed by atoms with Crippen LogP contribution in [-0.4, -0.2) is 26.2 Å². The Hall–Kier alpha value is -2.14. The highest BCUT2D eigenvalue weighted by molar-refractivity contribution is 5.65. The molecule has 0 fully saturated rings. The molecule has 1 N–H and O–H groups in total. The van der Waals surface area contributed by atoms with Crippen molar-refractivity contribution in [2.75, 3.05) is 25.0 Å². The van der Waals surface area contributed by atoms with Crippen molar-refractivity contribution in [1.29, 1.82) is 0 Å². The van der Waals surface area contributed by atoms with Gasteiger partial charge >= 0.3 is 0 Å². The molecule has 2 heterocycles. The van der Waals surface area contributed by atoms with Gasteiger partial charge in [0.15, 0.2) is 0 Å². The van der Waals surface area contributed by atoms with E-state index in [0.717, 1.165) is 11.1 Å². The van der Waals surface area contributed by atoms with E-state index in [2.05, 4.69) is 24.1 Å². The average molecular weight is 344 g/mol. The molecule has 2 aromatic carbocycles. The highest BCUT2D eigenvalue weighted by atomic mass is 19.1. The van der Waals surface area contributed by atoms with Crippen molar-refractivity contribution in [2.45, 2.75) is 31.4 Å². The molecule has 3 nitrogen and oxygen atoms in total.